The van der Waals surface area contributed by atoms with Gasteiger partial charge in [0, 0.05) is 5.92 Å². The third-order valence-corrected chi connectivity index (χ3v) is 6.51. The maximum Gasteiger partial charge on any atom is 0.183 e. The van der Waals surface area contributed by atoms with E-state index >= 15 is 0 Å². The molecule has 1 aliphatic carbocycles. The second-order valence-corrected chi connectivity index (χ2v) is 8.02. The molecule has 0 aliphatic heterocycles. The van der Waals surface area contributed by atoms with Crippen LogP contribution in [0.4, 0.5) is 0 Å². The molecule has 0 N–H and O–H groups in total. The lowest BCUT2D eigenvalue weighted by Gasteiger charge is -2.05. The van der Waals surface area contributed by atoms with Crippen molar-refractivity contribution in [3.8, 4) is 6.07 Å². The van der Waals surface area contributed by atoms with Gasteiger partial charge in [0.2, 0.25) is 0 Å². The first-order valence-electron chi connectivity index (χ1n) is 7.22. The Hall–Kier alpha value is -2.12. The van der Waals surface area contributed by atoms with Crippen LogP contribution in [-0.4, -0.2) is 13.7 Å². The van der Waals surface area contributed by atoms with Crippen molar-refractivity contribution in [3.05, 3.63) is 65.2 Å². The Labute approximate surface area is 131 Å². The fourth-order valence-corrected chi connectivity index (χ4v) is 4.96. The van der Waals surface area contributed by atoms with Crippen LogP contribution in [0, 0.1) is 31.1 Å². The summed E-state index contributed by atoms with van der Waals surface area (Å²) in [6.07, 6.45) is 0. The zero-order valence-corrected chi connectivity index (χ0v) is 13.3. The molecule has 4 heteroatoms. The highest BCUT2D eigenvalue weighted by Crippen LogP contribution is 2.53. The minimum Gasteiger partial charge on any atom is -0.223 e. The molecule has 1 fully saturated rings. The fourth-order valence-electron chi connectivity index (χ4n) is 2.89. The van der Waals surface area contributed by atoms with E-state index in [0.717, 1.165) is 16.7 Å². The number of aryl methyl sites for hydroxylation is 2. The Bertz CT molecular complexity index is 830. The van der Waals surface area contributed by atoms with Gasteiger partial charge in [-0.15, -0.1) is 0 Å². The van der Waals surface area contributed by atoms with Crippen LogP contribution in [0.15, 0.2) is 53.4 Å². The van der Waals surface area contributed by atoms with Gasteiger partial charge < -0.3 is 0 Å². The fraction of sp³-hybridized carbons (Fsp3) is 0.278. The molecule has 3 atom stereocenters. The normalized spacial score (nSPS) is 23.8. The minimum atomic E-state index is -3.47. The van der Waals surface area contributed by atoms with E-state index in [1.807, 2.05) is 38.1 Å². The van der Waals surface area contributed by atoms with Gasteiger partial charge in [-0.05, 0) is 31.5 Å². The van der Waals surface area contributed by atoms with Crippen molar-refractivity contribution in [3.63, 3.8) is 0 Å². The third-order valence-electron chi connectivity index (χ3n) is 4.27. The summed E-state index contributed by atoms with van der Waals surface area (Å²) >= 11 is 0. The standard InChI is InChI=1S/C18H17NO2S/c1-12-3-7-14(8-4-12)17-16(11-19)18(17)22(20,21)15-9-5-13(2)6-10-15/h3-10,16-18H,1-2H3/t16-,17-,18+/m1/s1. The van der Waals surface area contributed by atoms with Crippen LogP contribution in [-0.2, 0) is 9.84 Å². The van der Waals surface area contributed by atoms with Crippen LogP contribution in [0.25, 0.3) is 0 Å². The number of sulfone groups is 1. The lowest BCUT2D eigenvalue weighted by Crippen LogP contribution is -2.10. The molecule has 2 aromatic carbocycles. The zero-order valence-electron chi connectivity index (χ0n) is 12.5. The lowest BCUT2D eigenvalue weighted by molar-refractivity contribution is 0.593. The average Bonchev–Trinajstić information content (AvgIpc) is 3.24. The maximum atomic E-state index is 12.8. The third kappa shape index (κ3) is 2.42. The topological polar surface area (TPSA) is 57.9 Å². The van der Waals surface area contributed by atoms with Gasteiger partial charge in [-0.1, -0.05) is 47.5 Å². The van der Waals surface area contributed by atoms with Crippen molar-refractivity contribution >= 4 is 9.84 Å². The SMILES string of the molecule is Cc1ccc([C@@H]2[C@@H](C#N)[C@@H]2S(=O)(=O)c2ccc(C)cc2)cc1. The maximum absolute atomic E-state index is 12.8. The predicted molar refractivity (Wildman–Crippen MR) is 85.2 cm³/mol. The summed E-state index contributed by atoms with van der Waals surface area (Å²) in [6, 6.07) is 16.8. The van der Waals surface area contributed by atoms with Crippen molar-refractivity contribution in [1.82, 2.24) is 0 Å². The first kappa shape index (κ1) is 14.8. The minimum absolute atomic E-state index is 0.225. The van der Waals surface area contributed by atoms with Gasteiger partial charge in [0.25, 0.3) is 0 Å². The first-order valence-corrected chi connectivity index (χ1v) is 8.76. The molecular formula is C18H17NO2S. The average molecular weight is 311 g/mol. The van der Waals surface area contributed by atoms with Crippen molar-refractivity contribution < 1.29 is 8.42 Å². The van der Waals surface area contributed by atoms with Crippen LogP contribution < -0.4 is 0 Å². The van der Waals surface area contributed by atoms with E-state index in [4.69, 9.17) is 0 Å². The summed E-state index contributed by atoms with van der Waals surface area (Å²) in [6.45, 7) is 3.90. The Balaban J connectivity index is 1.95. The van der Waals surface area contributed by atoms with Gasteiger partial charge in [-0.25, -0.2) is 8.42 Å². The zero-order chi connectivity index (χ0) is 15.9. The van der Waals surface area contributed by atoms with E-state index in [1.165, 1.54) is 0 Å². The summed E-state index contributed by atoms with van der Waals surface area (Å²) in [5.74, 6) is -0.689. The monoisotopic (exact) mass is 311 g/mol. The molecule has 3 nitrogen and oxygen atoms in total. The quantitative estimate of drug-likeness (QED) is 0.873. The Morgan fingerprint density at radius 2 is 1.41 bits per heavy atom. The van der Waals surface area contributed by atoms with Crippen molar-refractivity contribution in [2.45, 2.75) is 29.9 Å². The Kier molecular flexibility index (Phi) is 3.54. The number of hydrogen-bond donors (Lipinski definition) is 0. The number of nitrogens with zero attached hydrogens (tertiary/aromatic N) is 1. The van der Waals surface area contributed by atoms with Gasteiger partial charge in [-0.2, -0.15) is 5.26 Å². The van der Waals surface area contributed by atoms with E-state index in [2.05, 4.69) is 6.07 Å². The highest BCUT2D eigenvalue weighted by molar-refractivity contribution is 7.92. The molecule has 1 saturated carbocycles. The van der Waals surface area contributed by atoms with Gasteiger partial charge in [-0.3, -0.25) is 0 Å². The second-order valence-electron chi connectivity index (χ2n) is 5.91. The van der Waals surface area contributed by atoms with E-state index in [-0.39, 0.29) is 5.92 Å². The highest BCUT2D eigenvalue weighted by atomic mass is 32.2. The van der Waals surface area contributed by atoms with Gasteiger partial charge >= 0.3 is 0 Å². The molecule has 0 aromatic heterocycles. The van der Waals surface area contributed by atoms with E-state index in [0.29, 0.717) is 4.90 Å². The van der Waals surface area contributed by atoms with Gasteiger partial charge in [0.05, 0.1) is 22.1 Å². The molecule has 0 bridgehead atoms. The van der Waals surface area contributed by atoms with Crippen LogP contribution >= 0.6 is 0 Å². The lowest BCUT2D eigenvalue weighted by atomic mass is 10.1. The molecule has 0 spiro atoms. The van der Waals surface area contributed by atoms with Crippen LogP contribution in [0.1, 0.15) is 22.6 Å². The Morgan fingerprint density at radius 3 is 1.91 bits per heavy atom. The number of benzene rings is 2. The molecule has 0 radical (unpaired) electrons. The van der Waals surface area contributed by atoms with Crippen LogP contribution in [0.3, 0.4) is 0 Å². The number of hydrogen-bond acceptors (Lipinski definition) is 3. The van der Waals surface area contributed by atoms with Crippen LogP contribution in [0.5, 0.6) is 0 Å². The van der Waals surface area contributed by atoms with Gasteiger partial charge in [0.15, 0.2) is 9.84 Å². The summed E-state index contributed by atoms with van der Waals surface area (Å²) in [5, 5.41) is 8.67. The summed E-state index contributed by atoms with van der Waals surface area (Å²) in [4.78, 5) is 0.304. The molecule has 3 rings (SSSR count). The smallest absolute Gasteiger partial charge is 0.183 e. The molecule has 0 saturated heterocycles. The molecule has 0 heterocycles. The number of nitriles is 1. The molecule has 2 aromatic rings. The predicted octanol–water partition coefficient (Wildman–Crippen LogP) is 3.38. The van der Waals surface area contributed by atoms with Crippen molar-refractivity contribution in [1.29, 1.82) is 5.26 Å². The molecule has 0 amide bonds. The van der Waals surface area contributed by atoms with E-state index in [1.54, 1.807) is 24.3 Å². The summed E-state index contributed by atoms with van der Waals surface area (Å²) in [7, 11) is -3.47. The molecule has 1 aliphatic rings. The van der Waals surface area contributed by atoms with Crippen LogP contribution in [0.2, 0.25) is 0 Å². The second kappa shape index (κ2) is 5.26. The Morgan fingerprint density at radius 1 is 0.909 bits per heavy atom. The molecule has 0 unspecified atom stereocenters. The largest absolute Gasteiger partial charge is 0.223 e. The van der Waals surface area contributed by atoms with Gasteiger partial charge in [0.1, 0.15) is 0 Å². The van der Waals surface area contributed by atoms with Crippen molar-refractivity contribution in [2.24, 2.45) is 5.92 Å². The first-order chi connectivity index (χ1) is 10.4. The molecular weight excluding hydrogens is 294 g/mol. The molecule has 22 heavy (non-hydrogen) atoms. The summed E-state index contributed by atoms with van der Waals surface area (Å²) < 4.78 is 25.5. The number of rotatable bonds is 3. The van der Waals surface area contributed by atoms with E-state index < -0.39 is 21.0 Å². The summed E-state index contributed by atoms with van der Waals surface area (Å²) in [5.41, 5.74) is 3.07. The van der Waals surface area contributed by atoms with E-state index in [9.17, 15) is 13.7 Å². The molecule has 112 valence electrons. The highest BCUT2D eigenvalue weighted by Gasteiger charge is 2.59. The van der Waals surface area contributed by atoms with Crippen molar-refractivity contribution in [2.75, 3.05) is 0 Å².